The highest BCUT2D eigenvalue weighted by molar-refractivity contribution is 6.30. The van der Waals surface area contributed by atoms with Crippen LogP contribution in [0.1, 0.15) is 31.0 Å². The maximum absolute atomic E-state index is 12.5. The van der Waals surface area contributed by atoms with Crippen LogP contribution >= 0.6 is 11.6 Å². The standard InChI is InChI=1S/C21H24ClNO4/c1-13(2)21(15-4-6-18-19(11-15)26-9-8-25-18)23-20(24)12-27-17-7-5-16(22)10-14(17)3/h4-7,10-11,13,21H,8-9,12H2,1-3H3,(H,23,24). The number of carbonyl (C=O) groups is 1. The predicted molar refractivity (Wildman–Crippen MR) is 105 cm³/mol. The van der Waals surface area contributed by atoms with Crippen molar-refractivity contribution in [3.8, 4) is 17.2 Å². The summed E-state index contributed by atoms with van der Waals surface area (Å²) in [6.45, 7) is 7.04. The monoisotopic (exact) mass is 389 g/mol. The zero-order chi connectivity index (χ0) is 19.4. The van der Waals surface area contributed by atoms with Crippen LogP contribution in [0.3, 0.4) is 0 Å². The molecular weight excluding hydrogens is 366 g/mol. The summed E-state index contributed by atoms with van der Waals surface area (Å²) in [6, 6.07) is 11.0. The molecule has 0 fully saturated rings. The van der Waals surface area contributed by atoms with Crippen molar-refractivity contribution >= 4 is 17.5 Å². The second kappa shape index (κ2) is 8.53. The number of hydrogen-bond donors (Lipinski definition) is 1. The Hall–Kier alpha value is -2.40. The van der Waals surface area contributed by atoms with E-state index in [2.05, 4.69) is 19.2 Å². The third kappa shape index (κ3) is 4.86. The Balaban J connectivity index is 1.66. The lowest BCUT2D eigenvalue weighted by atomic mass is 9.95. The predicted octanol–water partition coefficient (Wildman–Crippen LogP) is 4.31. The second-order valence-corrected chi connectivity index (χ2v) is 7.33. The summed E-state index contributed by atoms with van der Waals surface area (Å²) in [5.41, 5.74) is 1.87. The maximum atomic E-state index is 12.5. The second-order valence-electron chi connectivity index (χ2n) is 6.89. The average Bonchev–Trinajstić information content (AvgIpc) is 2.65. The molecule has 27 heavy (non-hydrogen) atoms. The number of hydrogen-bond acceptors (Lipinski definition) is 4. The van der Waals surface area contributed by atoms with Crippen molar-refractivity contribution in [2.24, 2.45) is 5.92 Å². The number of amides is 1. The molecule has 1 atom stereocenters. The van der Waals surface area contributed by atoms with Gasteiger partial charge in [-0.2, -0.15) is 0 Å². The topological polar surface area (TPSA) is 56.8 Å². The molecule has 1 N–H and O–H groups in total. The van der Waals surface area contributed by atoms with Crippen LogP contribution in [0, 0.1) is 12.8 Å². The molecular formula is C21H24ClNO4. The number of benzene rings is 2. The lowest BCUT2D eigenvalue weighted by molar-refractivity contribution is -0.124. The van der Waals surface area contributed by atoms with Crippen LogP contribution in [0.5, 0.6) is 17.2 Å². The molecule has 1 heterocycles. The molecule has 1 aliphatic heterocycles. The van der Waals surface area contributed by atoms with Crippen molar-refractivity contribution in [3.05, 3.63) is 52.5 Å². The summed E-state index contributed by atoms with van der Waals surface area (Å²) in [5, 5.41) is 3.70. The van der Waals surface area contributed by atoms with Gasteiger partial charge >= 0.3 is 0 Å². The molecule has 2 aromatic carbocycles. The fourth-order valence-corrected chi connectivity index (χ4v) is 3.25. The lowest BCUT2D eigenvalue weighted by Gasteiger charge is -2.25. The molecule has 6 heteroatoms. The van der Waals surface area contributed by atoms with E-state index in [-0.39, 0.29) is 24.5 Å². The van der Waals surface area contributed by atoms with Crippen molar-refractivity contribution in [1.82, 2.24) is 5.32 Å². The van der Waals surface area contributed by atoms with Gasteiger partial charge in [0.2, 0.25) is 0 Å². The van der Waals surface area contributed by atoms with Gasteiger partial charge in [0.1, 0.15) is 19.0 Å². The normalized spacial score (nSPS) is 14.0. The number of aryl methyl sites for hydroxylation is 1. The molecule has 0 saturated heterocycles. The minimum absolute atomic E-state index is 0.0593. The van der Waals surface area contributed by atoms with Gasteiger partial charge in [-0.1, -0.05) is 31.5 Å². The summed E-state index contributed by atoms with van der Waals surface area (Å²) in [7, 11) is 0. The Morgan fingerprint density at radius 1 is 1.15 bits per heavy atom. The van der Waals surface area contributed by atoms with E-state index in [1.165, 1.54) is 0 Å². The molecule has 0 bridgehead atoms. The molecule has 1 unspecified atom stereocenters. The first kappa shape index (κ1) is 19.4. The van der Waals surface area contributed by atoms with Gasteiger partial charge in [0.15, 0.2) is 18.1 Å². The number of halogens is 1. The molecule has 0 aliphatic carbocycles. The van der Waals surface area contributed by atoms with Gasteiger partial charge in [0.05, 0.1) is 6.04 Å². The molecule has 0 radical (unpaired) electrons. The van der Waals surface area contributed by atoms with Gasteiger partial charge in [0.25, 0.3) is 5.91 Å². The molecule has 1 aliphatic rings. The summed E-state index contributed by atoms with van der Waals surface area (Å²) in [4.78, 5) is 12.5. The van der Waals surface area contributed by atoms with Crippen LogP contribution in [0.4, 0.5) is 0 Å². The van der Waals surface area contributed by atoms with Gasteiger partial charge in [-0.15, -0.1) is 0 Å². The van der Waals surface area contributed by atoms with E-state index in [1.54, 1.807) is 18.2 Å². The fourth-order valence-electron chi connectivity index (χ4n) is 3.02. The van der Waals surface area contributed by atoms with Crippen LogP contribution in [0.2, 0.25) is 5.02 Å². The Bertz CT molecular complexity index is 822. The average molecular weight is 390 g/mol. The Morgan fingerprint density at radius 2 is 1.89 bits per heavy atom. The zero-order valence-electron chi connectivity index (χ0n) is 15.8. The molecule has 0 aromatic heterocycles. The first-order chi connectivity index (χ1) is 12.9. The zero-order valence-corrected chi connectivity index (χ0v) is 16.5. The van der Waals surface area contributed by atoms with E-state index in [4.69, 9.17) is 25.8 Å². The fraction of sp³-hybridized carbons (Fsp3) is 0.381. The summed E-state index contributed by atoms with van der Waals surface area (Å²) in [5.74, 6) is 2.12. The number of rotatable bonds is 6. The number of carbonyl (C=O) groups excluding carboxylic acids is 1. The lowest BCUT2D eigenvalue weighted by Crippen LogP contribution is -2.35. The maximum Gasteiger partial charge on any atom is 0.258 e. The van der Waals surface area contributed by atoms with Crippen LogP contribution in [-0.4, -0.2) is 25.7 Å². The minimum Gasteiger partial charge on any atom is -0.486 e. The van der Waals surface area contributed by atoms with E-state index in [9.17, 15) is 4.79 Å². The first-order valence-corrected chi connectivity index (χ1v) is 9.39. The van der Waals surface area contributed by atoms with Gasteiger partial charge < -0.3 is 19.5 Å². The van der Waals surface area contributed by atoms with E-state index >= 15 is 0 Å². The SMILES string of the molecule is Cc1cc(Cl)ccc1OCC(=O)NC(c1ccc2c(c1)OCCO2)C(C)C. The third-order valence-corrected chi connectivity index (χ3v) is 4.64. The van der Waals surface area contributed by atoms with E-state index < -0.39 is 0 Å². The largest absolute Gasteiger partial charge is 0.486 e. The van der Waals surface area contributed by atoms with Crippen molar-refractivity contribution in [1.29, 1.82) is 0 Å². The van der Waals surface area contributed by atoms with Crippen molar-refractivity contribution < 1.29 is 19.0 Å². The highest BCUT2D eigenvalue weighted by Crippen LogP contribution is 2.34. The Morgan fingerprint density at radius 3 is 2.59 bits per heavy atom. The molecule has 0 spiro atoms. The molecule has 144 valence electrons. The van der Waals surface area contributed by atoms with Gasteiger partial charge in [-0.05, 0) is 54.3 Å². The van der Waals surface area contributed by atoms with Crippen LogP contribution in [0.25, 0.3) is 0 Å². The quantitative estimate of drug-likeness (QED) is 0.799. The van der Waals surface area contributed by atoms with Crippen molar-refractivity contribution in [2.75, 3.05) is 19.8 Å². The molecule has 2 aromatic rings. The van der Waals surface area contributed by atoms with E-state index in [0.717, 1.165) is 16.9 Å². The van der Waals surface area contributed by atoms with Gasteiger partial charge in [0, 0.05) is 5.02 Å². The van der Waals surface area contributed by atoms with Gasteiger partial charge in [-0.25, -0.2) is 0 Å². The van der Waals surface area contributed by atoms with Crippen LogP contribution < -0.4 is 19.5 Å². The van der Waals surface area contributed by atoms with Crippen LogP contribution in [0.15, 0.2) is 36.4 Å². The molecule has 0 saturated carbocycles. The van der Waals surface area contributed by atoms with Crippen molar-refractivity contribution in [2.45, 2.75) is 26.8 Å². The summed E-state index contributed by atoms with van der Waals surface area (Å²) < 4.78 is 16.9. The number of ether oxygens (including phenoxy) is 3. The summed E-state index contributed by atoms with van der Waals surface area (Å²) >= 11 is 5.95. The molecule has 1 amide bonds. The highest BCUT2D eigenvalue weighted by Gasteiger charge is 2.21. The first-order valence-electron chi connectivity index (χ1n) is 9.02. The number of fused-ring (bicyclic) bond motifs is 1. The van der Waals surface area contributed by atoms with E-state index in [0.29, 0.717) is 29.7 Å². The minimum atomic E-state index is -0.182. The summed E-state index contributed by atoms with van der Waals surface area (Å²) in [6.07, 6.45) is 0. The van der Waals surface area contributed by atoms with Crippen LogP contribution in [-0.2, 0) is 4.79 Å². The van der Waals surface area contributed by atoms with Gasteiger partial charge in [-0.3, -0.25) is 4.79 Å². The highest BCUT2D eigenvalue weighted by atomic mass is 35.5. The van der Waals surface area contributed by atoms with E-state index in [1.807, 2.05) is 25.1 Å². The Labute approximate surface area is 164 Å². The molecule has 3 rings (SSSR count). The van der Waals surface area contributed by atoms with Crippen molar-refractivity contribution in [3.63, 3.8) is 0 Å². The molecule has 5 nitrogen and oxygen atoms in total. The number of nitrogens with one attached hydrogen (secondary N) is 1. The Kier molecular flexibility index (Phi) is 6.11. The smallest absolute Gasteiger partial charge is 0.258 e. The third-order valence-electron chi connectivity index (χ3n) is 4.40.